The third kappa shape index (κ3) is 4.55. The molecule has 0 bridgehead atoms. The number of aliphatic imine (C=N–C) groups is 1. The van der Waals surface area contributed by atoms with E-state index in [2.05, 4.69) is 10.3 Å². The van der Waals surface area contributed by atoms with Crippen LogP contribution in [0.1, 0.15) is 0 Å². The summed E-state index contributed by atoms with van der Waals surface area (Å²) in [4.78, 5) is 4.08. The lowest BCUT2D eigenvalue weighted by Gasteiger charge is -2.01. The Bertz CT molecular complexity index is 700. The van der Waals surface area contributed by atoms with Crippen molar-refractivity contribution in [1.82, 2.24) is 0 Å². The number of hydrogen-bond donors (Lipinski definition) is 1. The predicted molar refractivity (Wildman–Crippen MR) is 83.7 cm³/mol. The zero-order valence-electron chi connectivity index (χ0n) is 10.7. The van der Waals surface area contributed by atoms with Crippen molar-refractivity contribution >= 4 is 40.8 Å². The monoisotopic (exact) mass is 326 g/mol. The summed E-state index contributed by atoms with van der Waals surface area (Å²) in [5.74, 6) is -0.957. The molecule has 1 N–H and O–H groups in total. The zero-order valence-corrected chi connectivity index (χ0v) is 12.2. The van der Waals surface area contributed by atoms with E-state index < -0.39 is 11.6 Å². The Kier molecular flexibility index (Phi) is 5.31. The molecular weight excluding hydrogens is 317 g/mol. The van der Waals surface area contributed by atoms with E-state index in [1.54, 1.807) is 18.3 Å². The molecular formula is C15H10Cl2F2N2. The highest BCUT2D eigenvalue weighted by molar-refractivity contribution is 6.31. The first-order chi connectivity index (χ1) is 10.1. The summed E-state index contributed by atoms with van der Waals surface area (Å²) in [7, 11) is 0. The fourth-order valence-electron chi connectivity index (χ4n) is 1.47. The third-order valence-corrected chi connectivity index (χ3v) is 3.06. The van der Waals surface area contributed by atoms with Gasteiger partial charge in [0.05, 0.1) is 15.7 Å². The normalized spacial score (nSPS) is 11.4. The van der Waals surface area contributed by atoms with Crippen LogP contribution in [0.5, 0.6) is 0 Å². The number of benzene rings is 2. The SMILES string of the molecule is Fc1ccc(N=C/C=C/Nc2ccc(F)c(Cl)c2)cc1Cl. The van der Waals surface area contributed by atoms with Crippen molar-refractivity contribution in [3.8, 4) is 0 Å². The number of rotatable bonds is 4. The molecule has 0 heterocycles. The smallest absolute Gasteiger partial charge is 0.141 e. The molecule has 0 amide bonds. The molecule has 0 saturated heterocycles. The second-order valence-electron chi connectivity index (χ2n) is 4.01. The molecule has 2 aromatic rings. The number of nitrogens with zero attached hydrogens (tertiary/aromatic N) is 1. The van der Waals surface area contributed by atoms with Gasteiger partial charge >= 0.3 is 0 Å². The predicted octanol–water partition coefficient (Wildman–Crippen LogP) is 5.60. The van der Waals surface area contributed by atoms with Crippen molar-refractivity contribution in [3.63, 3.8) is 0 Å². The first-order valence-corrected chi connectivity index (χ1v) is 6.68. The molecule has 0 aliphatic heterocycles. The summed E-state index contributed by atoms with van der Waals surface area (Å²) in [5.41, 5.74) is 1.19. The van der Waals surface area contributed by atoms with Gasteiger partial charge in [-0.2, -0.15) is 0 Å². The van der Waals surface area contributed by atoms with Crippen molar-refractivity contribution in [2.75, 3.05) is 5.32 Å². The summed E-state index contributed by atoms with van der Waals surface area (Å²) in [6, 6.07) is 8.48. The van der Waals surface area contributed by atoms with E-state index in [1.807, 2.05) is 0 Å². The van der Waals surface area contributed by atoms with E-state index in [1.165, 1.54) is 36.5 Å². The van der Waals surface area contributed by atoms with Crippen LogP contribution in [0.2, 0.25) is 10.0 Å². The molecule has 0 atom stereocenters. The first-order valence-electron chi connectivity index (χ1n) is 5.92. The fraction of sp³-hybridized carbons (Fsp3) is 0. The van der Waals surface area contributed by atoms with Crippen molar-refractivity contribution in [3.05, 3.63) is 70.4 Å². The maximum Gasteiger partial charge on any atom is 0.141 e. The van der Waals surface area contributed by atoms with Crippen LogP contribution in [0.4, 0.5) is 20.2 Å². The van der Waals surface area contributed by atoms with Gasteiger partial charge in [0, 0.05) is 18.1 Å². The van der Waals surface area contributed by atoms with Crippen LogP contribution in [0.15, 0.2) is 53.7 Å². The van der Waals surface area contributed by atoms with Gasteiger partial charge in [-0.15, -0.1) is 0 Å². The van der Waals surface area contributed by atoms with E-state index >= 15 is 0 Å². The van der Waals surface area contributed by atoms with Crippen molar-refractivity contribution < 1.29 is 8.78 Å². The van der Waals surface area contributed by atoms with Crippen LogP contribution in [-0.4, -0.2) is 6.21 Å². The molecule has 0 radical (unpaired) electrons. The molecule has 2 nitrogen and oxygen atoms in total. The minimum absolute atomic E-state index is 0.0210. The van der Waals surface area contributed by atoms with Gasteiger partial charge in [0.15, 0.2) is 0 Å². The molecule has 0 unspecified atom stereocenters. The minimum atomic E-state index is -0.485. The van der Waals surface area contributed by atoms with Gasteiger partial charge in [0.25, 0.3) is 0 Å². The molecule has 21 heavy (non-hydrogen) atoms. The molecule has 0 fully saturated rings. The van der Waals surface area contributed by atoms with Gasteiger partial charge < -0.3 is 5.32 Å². The Hall–Kier alpha value is -1.91. The molecule has 0 aromatic heterocycles. The lowest BCUT2D eigenvalue weighted by Crippen LogP contribution is -1.88. The Balaban J connectivity index is 1.94. The Morgan fingerprint density at radius 3 is 2.29 bits per heavy atom. The maximum atomic E-state index is 13.0. The van der Waals surface area contributed by atoms with E-state index in [0.717, 1.165) is 0 Å². The topological polar surface area (TPSA) is 24.4 Å². The van der Waals surface area contributed by atoms with Gasteiger partial charge in [-0.05, 0) is 42.5 Å². The van der Waals surface area contributed by atoms with Gasteiger partial charge in [-0.25, -0.2) is 8.78 Å². The molecule has 2 rings (SSSR count). The van der Waals surface area contributed by atoms with E-state index in [-0.39, 0.29) is 10.0 Å². The quantitative estimate of drug-likeness (QED) is 0.726. The second kappa shape index (κ2) is 7.20. The van der Waals surface area contributed by atoms with Crippen LogP contribution in [0.25, 0.3) is 0 Å². The lowest BCUT2D eigenvalue weighted by atomic mass is 10.3. The molecule has 108 valence electrons. The Morgan fingerprint density at radius 2 is 1.62 bits per heavy atom. The summed E-state index contributed by atoms with van der Waals surface area (Å²) >= 11 is 11.3. The molecule has 2 aromatic carbocycles. The van der Waals surface area contributed by atoms with Gasteiger partial charge in [-0.3, -0.25) is 4.99 Å². The van der Waals surface area contributed by atoms with Gasteiger partial charge in [0.1, 0.15) is 11.6 Å². The van der Waals surface area contributed by atoms with Crippen molar-refractivity contribution in [2.24, 2.45) is 4.99 Å². The van der Waals surface area contributed by atoms with Crippen molar-refractivity contribution in [2.45, 2.75) is 0 Å². The van der Waals surface area contributed by atoms with E-state index in [0.29, 0.717) is 11.4 Å². The molecule has 0 aliphatic rings. The fourth-order valence-corrected chi connectivity index (χ4v) is 1.82. The Morgan fingerprint density at radius 1 is 0.952 bits per heavy atom. The Labute approximate surface area is 130 Å². The highest BCUT2D eigenvalue weighted by Gasteiger charge is 1.99. The second-order valence-corrected chi connectivity index (χ2v) is 4.82. The minimum Gasteiger partial charge on any atom is -0.362 e. The van der Waals surface area contributed by atoms with Gasteiger partial charge in [0.2, 0.25) is 0 Å². The lowest BCUT2D eigenvalue weighted by molar-refractivity contribution is 0.628. The number of allylic oxidation sites excluding steroid dienone is 1. The first kappa shape index (κ1) is 15.5. The molecule has 0 saturated carbocycles. The molecule has 0 aliphatic carbocycles. The van der Waals surface area contributed by atoms with E-state index in [9.17, 15) is 8.78 Å². The average molecular weight is 327 g/mol. The summed E-state index contributed by atoms with van der Waals surface area (Å²) in [6.45, 7) is 0. The number of nitrogens with one attached hydrogen (secondary N) is 1. The van der Waals surface area contributed by atoms with Crippen LogP contribution >= 0.6 is 23.2 Å². The summed E-state index contributed by atoms with van der Waals surface area (Å²) in [5, 5.41) is 2.98. The van der Waals surface area contributed by atoms with Gasteiger partial charge in [-0.1, -0.05) is 23.2 Å². The number of hydrogen-bond acceptors (Lipinski definition) is 2. The standard InChI is InChI=1S/C15H10Cl2F2N2/c16-12-8-10(2-4-14(12)18)20-6-1-7-21-11-3-5-15(19)13(17)9-11/h1-9,20H/b6-1+,21-7?. The highest BCUT2D eigenvalue weighted by atomic mass is 35.5. The number of halogens is 4. The van der Waals surface area contributed by atoms with Crippen LogP contribution in [0.3, 0.4) is 0 Å². The maximum absolute atomic E-state index is 13.0. The number of anilines is 1. The van der Waals surface area contributed by atoms with Crippen LogP contribution in [0, 0.1) is 11.6 Å². The molecule has 0 spiro atoms. The summed E-state index contributed by atoms with van der Waals surface area (Å²) < 4.78 is 25.9. The molecule has 6 heteroatoms. The van der Waals surface area contributed by atoms with Crippen LogP contribution in [-0.2, 0) is 0 Å². The zero-order chi connectivity index (χ0) is 15.2. The van der Waals surface area contributed by atoms with E-state index in [4.69, 9.17) is 23.2 Å². The average Bonchev–Trinajstić information content (AvgIpc) is 2.46. The third-order valence-electron chi connectivity index (χ3n) is 2.48. The largest absolute Gasteiger partial charge is 0.362 e. The highest BCUT2D eigenvalue weighted by Crippen LogP contribution is 2.21. The van der Waals surface area contributed by atoms with Crippen LogP contribution < -0.4 is 5.32 Å². The summed E-state index contributed by atoms with van der Waals surface area (Å²) in [6.07, 6.45) is 4.76. The van der Waals surface area contributed by atoms with Crippen molar-refractivity contribution in [1.29, 1.82) is 0 Å².